The summed E-state index contributed by atoms with van der Waals surface area (Å²) in [6.07, 6.45) is -3.27. The second kappa shape index (κ2) is 10.9. The first-order chi connectivity index (χ1) is 13.7. The Balaban J connectivity index is 0.000000314. The summed E-state index contributed by atoms with van der Waals surface area (Å²) in [5.41, 5.74) is 4.63. The molecule has 0 spiro atoms. The molecule has 0 radical (unpaired) electrons. The van der Waals surface area contributed by atoms with Crippen molar-refractivity contribution in [2.45, 2.75) is 30.4 Å². The molecule has 0 aliphatic carbocycles. The zero-order valence-electron chi connectivity index (χ0n) is 15.5. The van der Waals surface area contributed by atoms with Crippen LogP contribution in [0.5, 0.6) is 0 Å². The van der Waals surface area contributed by atoms with Crippen molar-refractivity contribution in [2.24, 2.45) is 0 Å². The number of phosphoric acid groups is 1. The van der Waals surface area contributed by atoms with Gasteiger partial charge in [-0.2, -0.15) is 4.98 Å². The number of anilines is 1. The maximum atomic E-state index is 11.5. The molecule has 0 saturated carbocycles. The number of likely N-dealkylation sites (N-methyl/N-ethyl adjacent to an activating group) is 1. The van der Waals surface area contributed by atoms with Gasteiger partial charge in [0.05, 0.1) is 6.61 Å². The van der Waals surface area contributed by atoms with E-state index in [4.69, 9.17) is 35.4 Å². The standard InChI is InChI=1S/C9H13N3O5.C3H11NO7P2/c10-5-1-2-12(9(16)11-5)8-7(15)6(14)4(3-13)17-8;1-4-2-3(5)12(6,7)11-13(8,9)10/h1-2,4,6-8,13-15H,3H2,(H2,10,11,16);3-5H,2H2,1H3,(H,6,7)(H2,8,9,10)/t4-,6-,7-,8-;/m1./s1. The summed E-state index contributed by atoms with van der Waals surface area (Å²) in [7, 11) is -8.37. The van der Waals surface area contributed by atoms with Gasteiger partial charge in [0.15, 0.2) is 12.1 Å². The van der Waals surface area contributed by atoms with E-state index in [2.05, 4.69) is 14.6 Å². The van der Waals surface area contributed by atoms with E-state index >= 15 is 0 Å². The van der Waals surface area contributed by atoms with Crippen LogP contribution >= 0.6 is 15.4 Å². The van der Waals surface area contributed by atoms with E-state index in [-0.39, 0.29) is 12.4 Å². The number of aliphatic hydroxyl groups excluding tert-OH is 4. The van der Waals surface area contributed by atoms with E-state index in [1.165, 1.54) is 19.3 Å². The summed E-state index contributed by atoms with van der Waals surface area (Å²) >= 11 is 0. The second-order valence-corrected chi connectivity index (χ2v) is 9.30. The molecule has 1 saturated heterocycles. The first-order valence-corrected chi connectivity index (χ1v) is 11.3. The summed E-state index contributed by atoms with van der Waals surface area (Å²) in [6.45, 7) is -0.764. The van der Waals surface area contributed by atoms with E-state index in [9.17, 15) is 24.1 Å². The van der Waals surface area contributed by atoms with Crippen molar-refractivity contribution in [1.82, 2.24) is 14.9 Å². The SMILES string of the molecule is CNCC(O)P(=O)(O)OP(=O)(O)O.Nc1ccn([C@@H]2O[C@H](CO)[C@@H](O)[C@H]2O)c(=O)n1. The minimum atomic E-state index is -5.07. The highest BCUT2D eigenvalue weighted by atomic mass is 31.3. The van der Waals surface area contributed by atoms with Gasteiger partial charge < -0.3 is 50.9 Å². The molecule has 2 rings (SSSR count). The van der Waals surface area contributed by atoms with Crippen molar-refractivity contribution in [3.63, 3.8) is 0 Å². The lowest BCUT2D eigenvalue weighted by molar-refractivity contribution is -0.0549. The molecular weight excluding hydrogens is 454 g/mol. The fourth-order valence-corrected chi connectivity index (χ4v) is 4.30. The van der Waals surface area contributed by atoms with Gasteiger partial charge in [0.1, 0.15) is 24.1 Å². The number of hydrogen-bond donors (Lipinski definition) is 9. The number of hydrogen-bond acceptors (Lipinski definition) is 12. The number of aromatic nitrogens is 2. The molecule has 1 fully saturated rings. The Hall–Kier alpha value is -1.26. The van der Waals surface area contributed by atoms with Crippen LogP contribution in [0, 0.1) is 0 Å². The van der Waals surface area contributed by atoms with Gasteiger partial charge in [-0.3, -0.25) is 9.13 Å². The zero-order valence-corrected chi connectivity index (χ0v) is 17.3. The van der Waals surface area contributed by atoms with Gasteiger partial charge in [-0.1, -0.05) is 0 Å². The van der Waals surface area contributed by atoms with Crippen molar-refractivity contribution in [3.05, 3.63) is 22.7 Å². The van der Waals surface area contributed by atoms with Crippen molar-refractivity contribution < 1.29 is 53.3 Å². The van der Waals surface area contributed by atoms with Gasteiger partial charge in [-0.15, -0.1) is 0 Å². The Morgan fingerprint density at radius 2 is 1.93 bits per heavy atom. The summed E-state index contributed by atoms with van der Waals surface area (Å²) in [5.74, 6) is -1.82. The van der Waals surface area contributed by atoms with Crippen LogP contribution in [-0.4, -0.2) is 89.0 Å². The normalized spacial score (nSPS) is 27.1. The van der Waals surface area contributed by atoms with Gasteiger partial charge in [0.25, 0.3) is 0 Å². The number of nitrogens with one attached hydrogen (secondary N) is 1. The Labute approximate surface area is 169 Å². The highest BCUT2D eigenvalue weighted by Gasteiger charge is 2.43. The van der Waals surface area contributed by atoms with Gasteiger partial charge >= 0.3 is 21.1 Å². The molecule has 18 heteroatoms. The van der Waals surface area contributed by atoms with Gasteiger partial charge in [0, 0.05) is 12.7 Å². The van der Waals surface area contributed by atoms with Crippen LogP contribution in [0.4, 0.5) is 5.82 Å². The van der Waals surface area contributed by atoms with E-state index in [1.807, 2.05) is 0 Å². The van der Waals surface area contributed by atoms with Crippen molar-refractivity contribution >= 4 is 21.2 Å². The zero-order chi connectivity index (χ0) is 23.3. The topological polar surface area (TPSA) is 267 Å². The first-order valence-electron chi connectivity index (χ1n) is 8.12. The number of rotatable bonds is 7. The predicted molar refractivity (Wildman–Crippen MR) is 98.8 cm³/mol. The number of ether oxygens (including phenoxy) is 1. The van der Waals surface area contributed by atoms with Crippen LogP contribution in [-0.2, 0) is 18.2 Å². The van der Waals surface area contributed by atoms with Crippen LogP contribution < -0.4 is 16.7 Å². The monoisotopic (exact) mass is 478 g/mol. The summed E-state index contributed by atoms with van der Waals surface area (Å²) in [4.78, 5) is 40.2. The minimum absolute atomic E-state index is 0.0537. The molecule has 1 aromatic rings. The smallest absolute Gasteiger partial charge is 0.394 e. The largest absolute Gasteiger partial charge is 0.476 e. The lowest BCUT2D eigenvalue weighted by atomic mass is 10.1. The molecule has 0 bridgehead atoms. The lowest BCUT2D eigenvalue weighted by Gasteiger charge is -2.17. The molecule has 1 aliphatic rings. The van der Waals surface area contributed by atoms with E-state index in [0.29, 0.717) is 0 Å². The number of nitrogens with zero attached hydrogens (tertiary/aromatic N) is 2. The number of nitrogen functional groups attached to an aromatic ring is 1. The number of aliphatic hydroxyl groups is 4. The summed E-state index contributed by atoms with van der Waals surface area (Å²) in [6, 6.07) is 1.37. The van der Waals surface area contributed by atoms with E-state index in [1.54, 1.807) is 0 Å². The summed E-state index contributed by atoms with van der Waals surface area (Å²) in [5, 5.41) is 39.4. The van der Waals surface area contributed by atoms with Crippen molar-refractivity contribution in [3.8, 4) is 0 Å². The molecule has 2 heterocycles. The van der Waals surface area contributed by atoms with Gasteiger partial charge in [-0.25, -0.2) is 13.7 Å². The molecule has 0 aromatic carbocycles. The average molecular weight is 478 g/mol. The predicted octanol–water partition coefficient (Wildman–Crippen LogP) is -3.74. The van der Waals surface area contributed by atoms with Crippen LogP contribution in [0.3, 0.4) is 0 Å². The maximum Gasteiger partial charge on any atom is 0.476 e. The first kappa shape index (κ1) is 26.8. The van der Waals surface area contributed by atoms with Crippen LogP contribution in [0.1, 0.15) is 6.23 Å². The average Bonchev–Trinajstić information content (AvgIpc) is 2.89. The van der Waals surface area contributed by atoms with Crippen LogP contribution in [0.25, 0.3) is 0 Å². The third kappa shape index (κ3) is 7.46. The Kier molecular flexibility index (Phi) is 9.69. The Morgan fingerprint density at radius 3 is 2.37 bits per heavy atom. The molecular formula is C12H24N4O12P2. The van der Waals surface area contributed by atoms with Crippen LogP contribution in [0.2, 0.25) is 0 Å². The molecule has 6 atom stereocenters. The molecule has 10 N–H and O–H groups in total. The molecule has 2 unspecified atom stereocenters. The lowest BCUT2D eigenvalue weighted by Crippen LogP contribution is -2.36. The van der Waals surface area contributed by atoms with E-state index in [0.717, 1.165) is 4.57 Å². The minimum Gasteiger partial charge on any atom is -0.394 e. The molecule has 30 heavy (non-hydrogen) atoms. The highest BCUT2D eigenvalue weighted by molar-refractivity contribution is 7.63. The maximum absolute atomic E-state index is 11.5. The Morgan fingerprint density at radius 1 is 1.33 bits per heavy atom. The molecule has 1 aliphatic heterocycles. The van der Waals surface area contributed by atoms with Crippen LogP contribution in [0.15, 0.2) is 17.1 Å². The molecule has 1 aromatic heterocycles. The molecule has 0 amide bonds. The third-order valence-electron chi connectivity index (χ3n) is 3.63. The van der Waals surface area contributed by atoms with Crippen molar-refractivity contribution in [1.29, 1.82) is 0 Å². The fourth-order valence-electron chi connectivity index (χ4n) is 2.23. The quantitative estimate of drug-likeness (QED) is 0.170. The highest BCUT2D eigenvalue weighted by Crippen LogP contribution is 2.58. The van der Waals surface area contributed by atoms with Crippen molar-refractivity contribution in [2.75, 3.05) is 25.9 Å². The Bertz CT molecular complexity index is 847. The second-order valence-electron chi connectivity index (χ2n) is 5.95. The summed E-state index contributed by atoms with van der Waals surface area (Å²) < 4.78 is 30.7. The third-order valence-corrected chi connectivity index (χ3v) is 6.35. The fraction of sp³-hybridized carbons (Fsp3) is 0.667. The number of nitrogens with two attached hydrogens (primary N) is 1. The van der Waals surface area contributed by atoms with E-state index < -0.39 is 58.1 Å². The van der Waals surface area contributed by atoms with Gasteiger partial charge in [0.2, 0.25) is 0 Å². The molecule has 174 valence electrons. The van der Waals surface area contributed by atoms with Gasteiger partial charge in [-0.05, 0) is 13.1 Å². The molecule has 16 nitrogen and oxygen atoms in total.